The quantitative estimate of drug-likeness (QED) is 0.821. The van der Waals surface area contributed by atoms with Crippen molar-refractivity contribution in [1.82, 2.24) is 19.9 Å². The highest BCUT2D eigenvalue weighted by Crippen LogP contribution is 2.21. The minimum Gasteiger partial charge on any atom is -0.476 e. The summed E-state index contributed by atoms with van der Waals surface area (Å²) >= 11 is 1.17. The largest absolute Gasteiger partial charge is 0.476 e. The number of hydrogen-bond acceptors (Lipinski definition) is 6. The van der Waals surface area contributed by atoms with Gasteiger partial charge in [-0.15, -0.1) is 0 Å². The second kappa shape index (κ2) is 4.88. The Hall–Kier alpha value is -2.02. The smallest absolute Gasteiger partial charge is 0.356 e. The van der Waals surface area contributed by atoms with Crippen LogP contribution in [0.3, 0.4) is 0 Å². The van der Waals surface area contributed by atoms with Gasteiger partial charge in [-0.05, 0) is 24.2 Å². The van der Waals surface area contributed by atoms with Gasteiger partial charge in [-0.1, -0.05) is 0 Å². The summed E-state index contributed by atoms with van der Waals surface area (Å²) in [5.74, 6) is -1.11. The van der Waals surface area contributed by atoms with E-state index in [1.807, 2.05) is 6.92 Å². The summed E-state index contributed by atoms with van der Waals surface area (Å²) in [6.07, 6.45) is 6.04. The number of aromatic carboxylic acids is 1. The van der Waals surface area contributed by atoms with Crippen LogP contribution in [-0.2, 0) is 0 Å². The molecular weight excluding hydrogens is 240 g/mol. The normalized spacial score (nSPS) is 10.2. The lowest BCUT2D eigenvalue weighted by Gasteiger charge is -2.00. The molecule has 0 aromatic carbocycles. The number of carboxylic acid groups (broad SMARTS) is 1. The van der Waals surface area contributed by atoms with Crippen molar-refractivity contribution in [3.05, 3.63) is 36.0 Å². The summed E-state index contributed by atoms with van der Waals surface area (Å²) in [4.78, 5) is 26.6. The predicted molar refractivity (Wildman–Crippen MR) is 59.9 cm³/mol. The number of nitrogens with zero attached hydrogens (tertiary/aromatic N) is 4. The highest BCUT2D eigenvalue weighted by molar-refractivity contribution is 7.99. The van der Waals surface area contributed by atoms with Crippen molar-refractivity contribution in [3.8, 4) is 0 Å². The first kappa shape index (κ1) is 11.5. The molecule has 6 nitrogen and oxygen atoms in total. The molecule has 0 radical (unpaired) electrons. The van der Waals surface area contributed by atoms with Crippen molar-refractivity contribution in [3.63, 3.8) is 0 Å². The number of carbonyl (C=O) groups is 1. The molecular formula is C10H8N4O2S. The third kappa shape index (κ3) is 2.97. The van der Waals surface area contributed by atoms with Gasteiger partial charge in [-0.25, -0.2) is 19.7 Å². The van der Waals surface area contributed by atoms with Crippen LogP contribution in [0.2, 0.25) is 0 Å². The summed E-state index contributed by atoms with van der Waals surface area (Å²) < 4.78 is 0. The molecule has 0 saturated carbocycles. The van der Waals surface area contributed by atoms with Gasteiger partial charge in [0.15, 0.2) is 10.9 Å². The van der Waals surface area contributed by atoms with Crippen LogP contribution in [-0.4, -0.2) is 31.0 Å². The Bertz CT molecular complexity index is 544. The zero-order valence-corrected chi connectivity index (χ0v) is 9.68. The maximum atomic E-state index is 10.7. The minimum absolute atomic E-state index is 0.0953. The van der Waals surface area contributed by atoms with E-state index in [-0.39, 0.29) is 5.69 Å². The van der Waals surface area contributed by atoms with Crippen LogP contribution in [0.25, 0.3) is 0 Å². The highest BCUT2D eigenvalue weighted by atomic mass is 32.2. The van der Waals surface area contributed by atoms with Gasteiger partial charge in [-0.3, -0.25) is 4.98 Å². The standard InChI is InChI=1S/C10H8N4O2S/c1-6-2-12-10(13-3-6)17-8-5-11-4-7(14-8)9(15)16/h2-5H,1H3,(H,15,16). The number of hydrogen-bond donors (Lipinski definition) is 1. The third-order valence-electron chi connectivity index (χ3n) is 1.78. The molecule has 17 heavy (non-hydrogen) atoms. The zero-order chi connectivity index (χ0) is 12.3. The van der Waals surface area contributed by atoms with Crippen LogP contribution in [0, 0.1) is 6.92 Å². The lowest BCUT2D eigenvalue weighted by atomic mass is 10.4. The van der Waals surface area contributed by atoms with Crippen LogP contribution < -0.4 is 0 Å². The molecule has 0 aliphatic carbocycles. The molecule has 0 atom stereocenters. The zero-order valence-electron chi connectivity index (χ0n) is 8.86. The number of carboxylic acids is 1. The topological polar surface area (TPSA) is 88.9 Å². The van der Waals surface area contributed by atoms with E-state index in [1.165, 1.54) is 24.2 Å². The Kier molecular flexibility index (Phi) is 3.29. The summed E-state index contributed by atoms with van der Waals surface area (Å²) in [7, 11) is 0. The van der Waals surface area contributed by atoms with E-state index in [1.54, 1.807) is 12.4 Å². The molecule has 0 fully saturated rings. The van der Waals surface area contributed by atoms with Gasteiger partial charge in [0.25, 0.3) is 0 Å². The second-order valence-corrected chi connectivity index (χ2v) is 4.18. The molecule has 2 heterocycles. The average Bonchev–Trinajstić information content (AvgIpc) is 2.32. The Morgan fingerprint density at radius 1 is 1.24 bits per heavy atom. The Labute approximate surface area is 101 Å². The lowest BCUT2D eigenvalue weighted by molar-refractivity contribution is 0.0689. The van der Waals surface area contributed by atoms with Crippen molar-refractivity contribution >= 4 is 17.7 Å². The Balaban J connectivity index is 2.21. The monoisotopic (exact) mass is 248 g/mol. The van der Waals surface area contributed by atoms with Crippen molar-refractivity contribution in [2.75, 3.05) is 0 Å². The van der Waals surface area contributed by atoms with Crippen molar-refractivity contribution in [2.24, 2.45) is 0 Å². The molecule has 2 rings (SSSR count). The van der Waals surface area contributed by atoms with Gasteiger partial charge in [-0.2, -0.15) is 0 Å². The maximum absolute atomic E-state index is 10.7. The minimum atomic E-state index is -1.11. The van der Waals surface area contributed by atoms with E-state index in [9.17, 15) is 4.79 Å². The fourth-order valence-electron chi connectivity index (χ4n) is 1.03. The summed E-state index contributed by atoms with van der Waals surface area (Å²) in [5, 5.41) is 9.73. The summed E-state index contributed by atoms with van der Waals surface area (Å²) in [5.41, 5.74) is 0.863. The van der Waals surface area contributed by atoms with Gasteiger partial charge in [0.2, 0.25) is 0 Å². The molecule has 2 aromatic rings. The molecule has 0 aliphatic rings. The van der Waals surface area contributed by atoms with E-state index in [0.29, 0.717) is 10.2 Å². The fourth-order valence-corrected chi connectivity index (χ4v) is 1.68. The molecule has 0 spiro atoms. The molecule has 0 saturated heterocycles. The molecule has 0 unspecified atom stereocenters. The molecule has 7 heteroatoms. The summed E-state index contributed by atoms with van der Waals surface area (Å²) in [6.45, 7) is 1.89. The van der Waals surface area contributed by atoms with Crippen LogP contribution in [0.5, 0.6) is 0 Å². The van der Waals surface area contributed by atoms with Crippen molar-refractivity contribution in [2.45, 2.75) is 17.1 Å². The molecule has 1 N–H and O–H groups in total. The van der Waals surface area contributed by atoms with E-state index in [4.69, 9.17) is 5.11 Å². The molecule has 86 valence electrons. The number of rotatable bonds is 3. The predicted octanol–water partition coefficient (Wildman–Crippen LogP) is 1.42. The summed E-state index contributed by atoms with van der Waals surface area (Å²) in [6, 6.07) is 0. The lowest BCUT2D eigenvalue weighted by Crippen LogP contribution is -2.01. The average molecular weight is 248 g/mol. The highest BCUT2D eigenvalue weighted by Gasteiger charge is 2.08. The van der Waals surface area contributed by atoms with Crippen molar-refractivity contribution in [1.29, 1.82) is 0 Å². The molecule has 0 aliphatic heterocycles. The van der Waals surface area contributed by atoms with Crippen LogP contribution in [0.1, 0.15) is 16.1 Å². The van der Waals surface area contributed by atoms with E-state index < -0.39 is 5.97 Å². The fraction of sp³-hybridized carbons (Fsp3) is 0.100. The van der Waals surface area contributed by atoms with E-state index >= 15 is 0 Å². The van der Waals surface area contributed by atoms with Crippen LogP contribution >= 0.6 is 11.8 Å². The van der Waals surface area contributed by atoms with Gasteiger partial charge >= 0.3 is 5.97 Å². The van der Waals surface area contributed by atoms with Gasteiger partial charge < -0.3 is 5.11 Å². The first-order valence-electron chi connectivity index (χ1n) is 4.67. The maximum Gasteiger partial charge on any atom is 0.356 e. The van der Waals surface area contributed by atoms with E-state index in [0.717, 1.165) is 5.56 Å². The van der Waals surface area contributed by atoms with E-state index in [2.05, 4.69) is 19.9 Å². The first-order chi connectivity index (χ1) is 8.15. The van der Waals surface area contributed by atoms with Gasteiger partial charge in [0, 0.05) is 12.4 Å². The molecule has 0 amide bonds. The number of aryl methyl sites for hydroxylation is 1. The first-order valence-corrected chi connectivity index (χ1v) is 5.48. The van der Waals surface area contributed by atoms with Gasteiger partial charge in [0.05, 0.1) is 12.4 Å². The van der Waals surface area contributed by atoms with Crippen LogP contribution in [0.15, 0.2) is 35.0 Å². The van der Waals surface area contributed by atoms with Gasteiger partial charge in [0.1, 0.15) is 5.03 Å². The second-order valence-electron chi connectivity index (χ2n) is 3.19. The Morgan fingerprint density at radius 3 is 2.59 bits per heavy atom. The SMILES string of the molecule is Cc1cnc(Sc2cncc(C(=O)O)n2)nc1. The number of aromatic nitrogens is 4. The molecule has 0 bridgehead atoms. The van der Waals surface area contributed by atoms with Crippen LogP contribution in [0.4, 0.5) is 0 Å². The third-order valence-corrected chi connectivity index (χ3v) is 2.58. The Morgan fingerprint density at radius 2 is 1.94 bits per heavy atom. The molecule has 2 aromatic heterocycles. The van der Waals surface area contributed by atoms with Crippen molar-refractivity contribution < 1.29 is 9.90 Å².